The molecule has 27 heavy (non-hydrogen) atoms. The van der Waals surface area contributed by atoms with Crippen molar-refractivity contribution in [1.29, 1.82) is 0 Å². The lowest BCUT2D eigenvalue weighted by Crippen LogP contribution is -2.44. The van der Waals surface area contributed by atoms with Crippen LogP contribution in [0.25, 0.3) is 0 Å². The number of carbonyl (C=O) groups is 1. The highest BCUT2D eigenvalue weighted by Crippen LogP contribution is 2.44. The quantitative estimate of drug-likeness (QED) is 0.792. The van der Waals surface area contributed by atoms with E-state index in [9.17, 15) is 4.79 Å². The molecule has 2 saturated heterocycles. The van der Waals surface area contributed by atoms with Gasteiger partial charge in [-0.25, -0.2) is 0 Å². The molecule has 1 saturated carbocycles. The van der Waals surface area contributed by atoms with Gasteiger partial charge in [-0.2, -0.15) is 0 Å². The zero-order valence-electron chi connectivity index (χ0n) is 15.7. The van der Waals surface area contributed by atoms with Gasteiger partial charge in [0.15, 0.2) is 0 Å². The third-order valence-corrected chi connectivity index (χ3v) is 6.21. The Morgan fingerprint density at radius 2 is 1.93 bits per heavy atom. The number of anilines is 1. The summed E-state index contributed by atoms with van der Waals surface area (Å²) in [7, 11) is 0. The zero-order chi connectivity index (χ0) is 17.1. The second-order valence-corrected chi connectivity index (χ2v) is 7.77. The maximum absolute atomic E-state index is 13.0. The number of fused-ring (bicyclic) bond motifs is 1. The van der Waals surface area contributed by atoms with Gasteiger partial charge in [0.05, 0.1) is 18.6 Å². The third kappa shape index (κ3) is 4.96. The lowest BCUT2D eigenvalue weighted by Gasteiger charge is -2.37. The molecule has 1 aromatic carbocycles. The van der Waals surface area contributed by atoms with Crippen LogP contribution in [0.1, 0.15) is 31.2 Å². The van der Waals surface area contributed by atoms with Crippen LogP contribution in [0.4, 0.5) is 5.69 Å². The molecule has 0 bridgehead atoms. The Kier molecular flexibility index (Phi) is 8.38. The summed E-state index contributed by atoms with van der Waals surface area (Å²) in [6.45, 7) is 6.42. The van der Waals surface area contributed by atoms with Crippen molar-refractivity contribution in [1.82, 2.24) is 10.2 Å². The summed E-state index contributed by atoms with van der Waals surface area (Å²) in [4.78, 5) is 15.4. The topological polar surface area (TPSA) is 53.6 Å². The van der Waals surface area contributed by atoms with Gasteiger partial charge in [-0.05, 0) is 43.0 Å². The minimum absolute atomic E-state index is 0. The maximum atomic E-state index is 13.0. The molecular weight excluding hydrogens is 385 g/mol. The molecule has 1 aromatic rings. The summed E-state index contributed by atoms with van der Waals surface area (Å²) >= 11 is 0. The molecule has 3 aliphatic rings. The number of hydrogen-bond donors (Lipinski definition) is 2. The van der Waals surface area contributed by atoms with Gasteiger partial charge in [-0.3, -0.25) is 9.69 Å². The number of rotatable bonds is 4. The van der Waals surface area contributed by atoms with Crippen LogP contribution in [0.5, 0.6) is 0 Å². The highest BCUT2D eigenvalue weighted by Gasteiger charge is 2.49. The molecule has 2 atom stereocenters. The van der Waals surface area contributed by atoms with Crippen molar-refractivity contribution in [2.75, 3.05) is 44.7 Å². The lowest BCUT2D eigenvalue weighted by molar-refractivity contribution is -0.128. The first-order chi connectivity index (χ1) is 12.3. The van der Waals surface area contributed by atoms with E-state index in [2.05, 4.69) is 27.7 Å². The fraction of sp³-hybridized carbons (Fsp3) is 0.650. The molecule has 2 aliphatic heterocycles. The van der Waals surface area contributed by atoms with Crippen molar-refractivity contribution in [2.45, 2.75) is 32.2 Å². The minimum Gasteiger partial charge on any atom is -0.379 e. The van der Waals surface area contributed by atoms with Gasteiger partial charge in [-0.15, -0.1) is 24.8 Å². The summed E-state index contributed by atoms with van der Waals surface area (Å²) in [5.41, 5.74) is 2.02. The van der Waals surface area contributed by atoms with E-state index < -0.39 is 0 Å². The Bertz CT molecular complexity index is 608. The second kappa shape index (κ2) is 10.1. The fourth-order valence-electron chi connectivity index (χ4n) is 4.66. The van der Waals surface area contributed by atoms with E-state index in [1.165, 1.54) is 24.8 Å². The van der Waals surface area contributed by atoms with Crippen LogP contribution in [-0.2, 0) is 16.1 Å². The number of amides is 1. The van der Waals surface area contributed by atoms with Crippen molar-refractivity contribution < 1.29 is 9.53 Å². The van der Waals surface area contributed by atoms with Crippen LogP contribution < -0.4 is 10.6 Å². The summed E-state index contributed by atoms with van der Waals surface area (Å²) < 4.78 is 5.40. The molecule has 152 valence electrons. The highest BCUT2D eigenvalue weighted by molar-refractivity contribution is 5.96. The first kappa shape index (κ1) is 22.4. The normalized spacial score (nSPS) is 27.8. The number of nitrogens with one attached hydrogen (secondary N) is 2. The average molecular weight is 416 g/mol. The van der Waals surface area contributed by atoms with Gasteiger partial charge in [0.2, 0.25) is 5.91 Å². The lowest BCUT2D eigenvalue weighted by atomic mass is 9.67. The molecule has 2 N–H and O–H groups in total. The van der Waals surface area contributed by atoms with E-state index in [4.69, 9.17) is 4.74 Å². The van der Waals surface area contributed by atoms with E-state index in [1.807, 2.05) is 12.1 Å². The summed E-state index contributed by atoms with van der Waals surface area (Å²) in [5.74, 6) is 0.713. The molecule has 3 fully saturated rings. The molecule has 0 radical (unpaired) electrons. The number of benzene rings is 1. The summed E-state index contributed by atoms with van der Waals surface area (Å²) in [5, 5.41) is 6.64. The minimum atomic E-state index is -0.190. The van der Waals surface area contributed by atoms with Crippen molar-refractivity contribution in [3.63, 3.8) is 0 Å². The van der Waals surface area contributed by atoms with E-state index in [-0.39, 0.29) is 36.1 Å². The Morgan fingerprint density at radius 1 is 1.19 bits per heavy atom. The number of halogens is 2. The van der Waals surface area contributed by atoms with Gasteiger partial charge in [0.25, 0.3) is 0 Å². The van der Waals surface area contributed by atoms with Crippen molar-refractivity contribution in [3.05, 3.63) is 29.8 Å². The van der Waals surface area contributed by atoms with Crippen molar-refractivity contribution >= 4 is 36.4 Å². The molecule has 1 aliphatic carbocycles. The Labute approximate surface area is 174 Å². The van der Waals surface area contributed by atoms with Gasteiger partial charge in [0.1, 0.15) is 0 Å². The largest absolute Gasteiger partial charge is 0.379 e. The van der Waals surface area contributed by atoms with Gasteiger partial charge in [0, 0.05) is 31.9 Å². The first-order valence-corrected chi connectivity index (χ1v) is 9.67. The molecule has 7 heteroatoms. The summed E-state index contributed by atoms with van der Waals surface area (Å²) in [6, 6.07) is 8.36. The SMILES string of the molecule is Cl.Cl.O=C(Nc1ccc(CN2CCOCC2)cc1)[C@@]12CCCC[C@H]1CNC2. The number of nitrogens with zero attached hydrogens (tertiary/aromatic N) is 1. The van der Waals surface area contributed by atoms with Crippen LogP contribution in [0.3, 0.4) is 0 Å². The highest BCUT2D eigenvalue weighted by atomic mass is 35.5. The molecule has 0 aromatic heterocycles. The summed E-state index contributed by atoms with van der Waals surface area (Å²) in [6.07, 6.45) is 4.63. The average Bonchev–Trinajstić information content (AvgIpc) is 3.10. The van der Waals surface area contributed by atoms with Crippen LogP contribution in [-0.4, -0.2) is 50.2 Å². The predicted octanol–water partition coefficient (Wildman–Crippen LogP) is 3.08. The number of ether oxygens (including phenoxy) is 1. The van der Waals surface area contributed by atoms with Gasteiger partial charge >= 0.3 is 0 Å². The molecular formula is C20H31Cl2N3O2. The fourth-order valence-corrected chi connectivity index (χ4v) is 4.66. The van der Waals surface area contributed by atoms with E-state index in [0.717, 1.165) is 58.0 Å². The van der Waals surface area contributed by atoms with Crippen LogP contribution >= 0.6 is 24.8 Å². The molecule has 0 spiro atoms. The number of morpholine rings is 1. The number of hydrogen-bond acceptors (Lipinski definition) is 4. The second-order valence-electron chi connectivity index (χ2n) is 7.77. The van der Waals surface area contributed by atoms with Gasteiger partial charge < -0.3 is 15.4 Å². The van der Waals surface area contributed by atoms with Crippen molar-refractivity contribution in [3.8, 4) is 0 Å². The predicted molar refractivity (Wildman–Crippen MR) is 113 cm³/mol. The first-order valence-electron chi connectivity index (χ1n) is 9.67. The molecule has 4 rings (SSSR count). The van der Waals surface area contributed by atoms with Crippen LogP contribution in [0.15, 0.2) is 24.3 Å². The van der Waals surface area contributed by atoms with E-state index in [1.54, 1.807) is 0 Å². The maximum Gasteiger partial charge on any atom is 0.232 e. The van der Waals surface area contributed by atoms with Crippen LogP contribution in [0.2, 0.25) is 0 Å². The monoisotopic (exact) mass is 415 g/mol. The third-order valence-electron chi connectivity index (χ3n) is 6.21. The standard InChI is InChI=1S/C20H29N3O2.2ClH/c24-19(20-8-2-1-3-17(20)13-21-15-20)22-18-6-4-16(5-7-18)14-23-9-11-25-12-10-23;;/h4-7,17,21H,1-3,8-15H2,(H,22,24);2*1H/t17-,20+;;/m0../s1. The van der Waals surface area contributed by atoms with Gasteiger partial charge in [-0.1, -0.05) is 25.0 Å². The Balaban J connectivity index is 0.00000131. The molecule has 1 amide bonds. The number of carbonyl (C=O) groups excluding carboxylic acids is 1. The Morgan fingerprint density at radius 3 is 2.67 bits per heavy atom. The van der Waals surface area contributed by atoms with Crippen LogP contribution in [0, 0.1) is 11.3 Å². The van der Waals surface area contributed by atoms with E-state index in [0.29, 0.717) is 5.92 Å². The van der Waals surface area contributed by atoms with E-state index >= 15 is 0 Å². The van der Waals surface area contributed by atoms with Crippen molar-refractivity contribution in [2.24, 2.45) is 11.3 Å². The zero-order valence-corrected chi connectivity index (χ0v) is 17.4. The molecule has 2 heterocycles. The molecule has 5 nitrogen and oxygen atoms in total. The molecule has 0 unspecified atom stereocenters. The Hall–Kier alpha value is -0.850. The smallest absolute Gasteiger partial charge is 0.232 e.